The fourth-order valence-electron chi connectivity index (χ4n) is 3.11. The first-order valence-corrected chi connectivity index (χ1v) is 9.72. The molecule has 4 rings (SSSR count). The molecule has 1 N–H and O–H groups in total. The molecule has 0 aliphatic carbocycles. The molecule has 3 aromatic carbocycles. The van der Waals surface area contributed by atoms with Crippen LogP contribution in [0.1, 0.15) is 36.6 Å². The lowest BCUT2D eigenvalue weighted by molar-refractivity contribution is 0.0642. The van der Waals surface area contributed by atoms with E-state index in [1.165, 1.54) is 11.0 Å². The zero-order valence-corrected chi connectivity index (χ0v) is 16.8. The Hall–Kier alpha value is -3.00. The van der Waals surface area contributed by atoms with Crippen LogP contribution in [0.5, 0.6) is 0 Å². The summed E-state index contributed by atoms with van der Waals surface area (Å²) >= 11 is 2.17. The Kier molecular flexibility index (Phi) is 4.95. The zero-order valence-electron chi connectivity index (χ0n) is 14.7. The van der Waals surface area contributed by atoms with Gasteiger partial charge in [0.25, 0.3) is 17.7 Å². The van der Waals surface area contributed by atoms with Crippen molar-refractivity contribution in [3.05, 3.63) is 98.6 Å². The van der Waals surface area contributed by atoms with Crippen molar-refractivity contribution in [1.29, 1.82) is 0 Å². The van der Waals surface area contributed by atoms with Crippen molar-refractivity contribution in [2.75, 3.05) is 5.32 Å². The number of benzene rings is 3. The fraction of sp³-hybridized carbons (Fsp3) is 0.0455. The van der Waals surface area contributed by atoms with Gasteiger partial charge in [0.2, 0.25) is 0 Å². The molecule has 1 heterocycles. The van der Waals surface area contributed by atoms with E-state index in [0.29, 0.717) is 16.8 Å². The molecular formula is C22H15IN2O3. The predicted octanol–water partition coefficient (Wildman–Crippen LogP) is 4.34. The average Bonchev–Trinajstić information content (AvgIpc) is 2.93. The summed E-state index contributed by atoms with van der Waals surface area (Å²) < 4.78 is 1.00. The van der Waals surface area contributed by atoms with Crippen LogP contribution in [-0.4, -0.2) is 22.6 Å². The normalized spacial score (nSPS) is 12.8. The Morgan fingerprint density at radius 1 is 0.857 bits per heavy atom. The quantitative estimate of drug-likeness (QED) is 0.445. The molecule has 0 saturated heterocycles. The molecule has 0 atom stereocenters. The molecule has 0 spiro atoms. The van der Waals surface area contributed by atoms with E-state index >= 15 is 0 Å². The molecule has 0 bridgehead atoms. The van der Waals surface area contributed by atoms with Gasteiger partial charge in [-0.05, 0) is 64.6 Å². The van der Waals surface area contributed by atoms with Crippen LogP contribution in [0.4, 0.5) is 5.69 Å². The molecule has 5 nitrogen and oxygen atoms in total. The first kappa shape index (κ1) is 18.4. The minimum absolute atomic E-state index is 0.206. The van der Waals surface area contributed by atoms with Gasteiger partial charge in [0.1, 0.15) is 0 Å². The Labute approximate surface area is 175 Å². The second-order valence-corrected chi connectivity index (χ2v) is 7.65. The van der Waals surface area contributed by atoms with E-state index < -0.39 is 0 Å². The van der Waals surface area contributed by atoms with Gasteiger partial charge in [-0.2, -0.15) is 0 Å². The molecule has 0 unspecified atom stereocenters. The lowest BCUT2D eigenvalue weighted by Crippen LogP contribution is -2.29. The van der Waals surface area contributed by atoms with E-state index in [2.05, 4.69) is 27.9 Å². The predicted molar refractivity (Wildman–Crippen MR) is 114 cm³/mol. The maximum atomic E-state index is 12.8. The van der Waals surface area contributed by atoms with Crippen molar-refractivity contribution in [3.63, 3.8) is 0 Å². The molecule has 3 aromatic rings. The maximum Gasteiger partial charge on any atom is 0.261 e. The van der Waals surface area contributed by atoms with Gasteiger partial charge >= 0.3 is 0 Å². The highest BCUT2D eigenvalue weighted by Crippen LogP contribution is 2.26. The monoisotopic (exact) mass is 482 g/mol. The minimum atomic E-state index is -0.382. The number of carbonyl (C=O) groups is 3. The van der Waals surface area contributed by atoms with Crippen molar-refractivity contribution in [2.45, 2.75) is 6.54 Å². The highest BCUT2D eigenvalue weighted by atomic mass is 127. The Morgan fingerprint density at radius 3 is 2.36 bits per heavy atom. The van der Waals surface area contributed by atoms with Gasteiger partial charge in [0.15, 0.2) is 0 Å². The highest BCUT2D eigenvalue weighted by Gasteiger charge is 2.35. The van der Waals surface area contributed by atoms with Crippen LogP contribution in [0.15, 0.2) is 72.8 Å². The Balaban J connectivity index is 1.57. The molecule has 3 amide bonds. The summed E-state index contributed by atoms with van der Waals surface area (Å²) in [5, 5.41) is 2.81. The maximum absolute atomic E-state index is 12.8. The number of rotatable bonds is 4. The number of amides is 3. The molecule has 0 aromatic heterocycles. The van der Waals surface area contributed by atoms with Gasteiger partial charge in [-0.3, -0.25) is 19.3 Å². The number of nitrogens with zero attached hydrogens (tertiary/aromatic N) is 1. The number of halogens is 1. The number of hydrogen-bond acceptors (Lipinski definition) is 3. The minimum Gasteiger partial charge on any atom is -0.322 e. The lowest BCUT2D eigenvalue weighted by atomic mass is 10.1. The smallest absolute Gasteiger partial charge is 0.261 e. The van der Waals surface area contributed by atoms with Crippen molar-refractivity contribution in [3.8, 4) is 0 Å². The zero-order chi connectivity index (χ0) is 19.7. The van der Waals surface area contributed by atoms with Gasteiger partial charge < -0.3 is 5.32 Å². The van der Waals surface area contributed by atoms with Crippen LogP contribution in [0.25, 0.3) is 0 Å². The number of hydrogen-bond donors (Lipinski definition) is 1. The second-order valence-electron chi connectivity index (χ2n) is 6.41. The van der Waals surface area contributed by atoms with Crippen molar-refractivity contribution >= 4 is 46.0 Å². The number of anilines is 1. The van der Waals surface area contributed by atoms with Crippen molar-refractivity contribution in [1.82, 2.24) is 4.90 Å². The SMILES string of the molecule is O=C(Nc1cccc(I)c1)c1ccc2c(c1)C(=O)N(Cc1ccccc1)C2=O. The van der Waals surface area contributed by atoms with Crippen LogP contribution >= 0.6 is 22.6 Å². The third kappa shape index (κ3) is 3.55. The van der Waals surface area contributed by atoms with Crippen LogP contribution in [-0.2, 0) is 6.54 Å². The number of fused-ring (bicyclic) bond motifs is 1. The van der Waals surface area contributed by atoms with Gasteiger partial charge in [-0.25, -0.2) is 0 Å². The second kappa shape index (κ2) is 7.55. The van der Waals surface area contributed by atoms with Crippen LogP contribution < -0.4 is 5.32 Å². The van der Waals surface area contributed by atoms with Gasteiger partial charge in [-0.1, -0.05) is 36.4 Å². The Bertz CT molecular complexity index is 1100. The standard InChI is InChI=1S/C22H15IN2O3/c23-16-7-4-8-17(12-16)24-20(26)15-9-10-18-19(11-15)22(28)25(21(18)27)13-14-5-2-1-3-6-14/h1-12H,13H2,(H,24,26). The number of carbonyl (C=O) groups excluding carboxylic acids is 3. The summed E-state index contributed by atoms with van der Waals surface area (Å²) in [5.74, 6) is -1.05. The summed E-state index contributed by atoms with van der Waals surface area (Å²) in [6.07, 6.45) is 0. The highest BCUT2D eigenvalue weighted by molar-refractivity contribution is 14.1. The summed E-state index contributed by atoms with van der Waals surface area (Å²) in [7, 11) is 0. The van der Waals surface area contributed by atoms with E-state index in [1.54, 1.807) is 18.2 Å². The van der Waals surface area contributed by atoms with E-state index in [1.807, 2.05) is 48.5 Å². The molecule has 1 aliphatic rings. The van der Waals surface area contributed by atoms with E-state index in [9.17, 15) is 14.4 Å². The van der Waals surface area contributed by atoms with Crippen molar-refractivity contribution < 1.29 is 14.4 Å². The van der Waals surface area contributed by atoms with Crippen LogP contribution in [0, 0.1) is 3.57 Å². The van der Waals surface area contributed by atoms with E-state index in [4.69, 9.17) is 0 Å². The summed E-state index contributed by atoms with van der Waals surface area (Å²) in [4.78, 5) is 39.2. The summed E-state index contributed by atoms with van der Waals surface area (Å²) in [6.45, 7) is 0.206. The third-order valence-corrected chi connectivity index (χ3v) is 5.17. The lowest BCUT2D eigenvalue weighted by Gasteiger charge is -2.13. The third-order valence-electron chi connectivity index (χ3n) is 4.50. The molecule has 6 heteroatoms. The molecule has 0 fully saturated rings. The van der Waals surface area contributed by atoms with Crippen LogP contribution in [0.3, 0.4) is 0 Å². The van der Waals surface area contributed by atoms with E-state index in [0.717, 1.165) is 9.13 Å². The molecule has 138 valence electrons. The number of nitrogens with one attached hydrogen (secondary N) is 1. The molecule has 0 saturated carbocycles. The van der Waals surface area contributed by atoms with E-state index in [-0.39, 0.29) is 29.8 Å². The molecule has 28 heavy (non-hydrogen) atoms. The van der Waals surface area contributed by atoms with Crippen LogP contribution in [0.2, 0.25) is 0 Å². The van der Waals surface area contributed by atoms with Gasteiger partial charge in [0.05, 0.1) is 17.7 Å². The molecule has 0 radical (unpaired) electrons. The summed E-state index contributed by atoms with van der Waals surface area (Å²) in [6, 6.07) is 21.4. The summed E-state index contributed by atoms with van der Waals surface area (Å²) in [5.41, 5.74) is 2.46. The number of imide groups is 1. The fourth-order valence-corrected chi connectivity index (χ4v) is 3.65. The topological polar surface area (TPSA) is 66.5 Å². The first-order valence-electron chi connectivity index (χ1n) is 8.64. The first-order chi connectivity index (χ1) is 13.5. The molecule has 1 aliphatic heterocycles. The largest absolute Gasteiger partial charge is 0.322 e. The van der Waals surface area contributed by atoms with Gasteiger partial charge in [-0.15, -0.1) is 0 Å². The molecular weight excluding hydrogens is 467 g/mol. The average molecular weight is 482 g/mol. The Morgan fingerprint density at radius 2 is 1.61 bits per heavy atom. The van der Waals surface area contributed by atoms with Crippen molar-refractivity contribution in [2.24, 2.45) is 0 Å². The van der Waals surface area contributed by atoms with Gasteiger partial charge in [0, 0.05) is 14.8 Å².